The van der Waals surface area contributed by atoms with Gasteiger partial charge in [-0.2, -0.15) is 11.3 Å². The van der Waals surface area contributed by atoms with Crippen molar-refractivity contribution in [2.75, 3.05) is 6.54 Å². The van der Waals surface area contributed by atoms with E-state index in [1.807, 2.05) is 0 Å². The molecule has 3 heterocycles. The number of fused-ring (bicyclic) bond motifs is 1. The molecule has 0 saturated heterocycles. The minimum atomic E-state index is 0.0635. The Morgan fingerprint density at radius 2 is 2.40 bits per heavy atom. The van der Waals surface area contributed by atoms with Crippen LogP contribution in [0.25, 0.3) is 0 Å². The Balaban J connectivity index is 1.80. The van der Waals surface area contributed by atoms with Crippen molar-refractivity contribution in [2.24, 2.45) is 0 Å². The third-order valence-electron chi connectivity index (χ3n) is 3.67. The summed E-state index contributed by atoms with van der Waals surface area (Å²) in [7, 11) is 0. The van der Waals surface area contributed by atoms with Gasteiger partial charge < -0.3 is 4.98 Å². The van der Waals surface area contributed by atoms with Crippen LogP contribution >= 0.6 is 11.3 Å². The Bertz CT molecular complexity index is 633. The fourth-order valence-electron chi connectivity index (χ4n) is 2.68. The Labute approximate surface area is 122 Å². The smallest absolute Gasteiger partial charge is 0.254 e. The van der Waals surface area contributed by atoms with E-state index in [9.17, 15) is 4.79 Å². The first-order valence-corrected chi connectivity index (χ1v) is 8.05. The van der Waals surface area contributed by atoms with Crippen molar-refractivity contribution < 1.29 is 0 Å². The number of aryl methyl sites for hydroxylation is 1. The molecule has 5 heteroatoms. The average molecular weight is 289 g/mol. The molecule has 3 rings (SSSR count). The van der Waals surface area contributed by atoms with Gasteiger partial charge in [0.05, 0.1) is 5.69 Å². The second kappa shape index (κ2) is 5.89. The molecule has 1 aliphatic rings. The lowest BCUT2D eigenvalue weighted by Crippen LogP contribution is -2.35. The zero-order valence-electron chi connectivity index (χ0n) is 11.7. The first kappa shape index (κ1) is 13.5. The van der Waals surface area contributed by atoms with Crippen LogP contribution < -0.4 is 5.56 Å². The van der Waals surface area contributed by atoms with Crippen molar-refractivity contribution in [1.82, 2.24) is 14.9 Å². The van der Waals surface area contributed by atoms with E-state index in [0.29, 0.717) is 0 Å². The predicted octanol–water partition coefficient (Wildman–Crippen LogP) is 2.34. The van der Waals surface area contributed by atoms with E-state index in [4.69, 9.17) is 0 Å². The molecule has 0 aromatic carbocycles. The third kappa shape index (κ3) is 2.83. The van der Waals surface area contributed by atoms with Crippen molar-refractivity contribution in [3.05, 3.63) is 49.8 Å². The molecule has 2 aromatic heterocycles. The fraction of sp³-hybridized carbons (Fsp3) is 0.467. The van der Waals surface area contributed by atoms with Gasteiger partial charge in [0, 0.05) is 31.6 Å². The molecular weight excluding hydrogens is 270 g/mol. The zero-order chi connectivity index (χ0) is 13.9. The summed E-state index contributed by atoms with van der Waals surface area (Å²) in [6, 6.07) is 2.16. The van der Waals surface area contributed by atoms with Crippen LogP contribution in [0.4, 0.5) is 0 Å². The molecular formula is C15H19N3OS. The molecule has 0 bridgehead atoms. The quantitative estimate of drug-likeness (QED) is 0.940. The maximum absolute atomic E-state index is 12.1. The van der Waals surface area contributed by atoms with E-state index >= 15 is 0 Å². The standard InChI is InChI=1S/C15H19N3OS/c1-2-3-14-16-13-9-18(8-11-5-7-20-10-11)6-4-12(13)15(19)17-14/h5,7,10H,2-4,6,8-9H2,1H3,(H,16,17,19). The van der Waals surface area contributed by atoms with Crippen LogP contribution in [0.15, 0.2) is 21.6 Å². The van der Waals surface area contributed by atoms with Gasteiger partial charge >= 0.3 is 0 Å². The van der Waals surface area contributed by atoms with Gasteiger partial charge in [-0.15, -0.1) is 0 Å². The number of hydrogen-bond acceptors (Lipinski definition) is 4. The number of aromatic amines is 1. The molecule has 1 N–H and O–H groups in total. The van der Waals surface area contributed by atoms with Gasteiger partial charge in [-0.1, -0.05) is 6.92 Å². The molecule has 0 saturated carbocycles. The molecule has 20 heavy (non-hydrogen) atoms. The summed E-state index contributed by atoms with van der Waals surface area (Å²) < 4.78 is 0. The van der Waals surface area contributed by atoms with Gasteiger partial charge in [-0.05, 0) is 35.2 Å². The van der Waals surface area contributed by atoms with Crippen LogP contribution in [0.5, 0.6) is 0 Å². The molecule has 1 aliphatic heterocycles. The summed E-state index contributed by atoms with van der Waals surface area (Å²) in [4.78, 5) is 22.0. The Morgan fingerprint density at radius 1 is 1.50 bits per heavy atom. The van der Waals surface area contributed by atoms with Crippen molar-refractivity contribution >= 4 is 11.3 Å². The van der Waals surface area contributed by atoms with E-state index in [1.165, 1.54) is 5.56 Å². The summed E-state index contributed by atoms with van der Waals surface area (Å²) in [6.07, 6.45) is 2.64. The van der Waals surface area contributed by atoms with Gasteiger partial charge in [-0.3, -0.25) is 9.69 Å². The molecule has 106 valence electrons. The number of H-pyrrole nitrogens is 1. The molecule has 0 amide bonds. The Morgan fingerprint density at radius 3 is 3.15 bits per heavy atom. The van der Waals surface area contributed by atoms with Gasteiger partial charge in [0.25, 0.3) is 5.56 Å². The highest BCUT2D eigenvalue weighted by Gasteiger charge is 2.20. The van der Waals surface area contributed by atoms with Crippen molar-refractivity contribution in [3.8, 4) is 0 Å². The summed E-state index contributed by atoms with van der Waals surface area (Å²) in [5.41, 5.74) is 3.26. The summed E-state index contributed by atoms with van der Waals surface area (Å²) >= 11 is 1.73. The van der Waals surface area contributed by atoms with Gasteiger partial charge in [-0.25, -0.2) is 4.98 Å². The molecule has 0 aliphatic carbocycles. The number of nitrogens with zero attached hydrogens (tertiary/aromatic N) is 2. The van der Waals surface area contributed by atoms with Crippen LogP contribution in [0.3, 0.4) is 0 Å². The molecule has 2 aromatic rings. The third-order valence-corrected chi connectivity index (χ3v) is 4.41. The van der Waals surface area contributed by atoms with Crippen LogP contribution in [0.1, 0.15) is 36.0 Å². The second-order valence-electron chi connectivity index (χ2n) is 5.28. The molecule has 0 unspecified atom stereocenters. The number of nitrogens with one attached hydrogen (secondary N) is 1. The average Bonchev–Trinajstić information content (AvgIpc) is 2.91. The van der Waals surface area contributed by atoms with Crippen LogP contribution in [0.2, 0.25) is 0 Å². The lowest BCUT2D eigenvalue weighted by molar-refractivity contribution is 0.240. The van der Waals surface area contributed by atoms with Crippen molar-refractivity contribution in [2.45, 2.75) is 39.3 Å². The van der Waals surface area contributed by atoms with Crippen LogP contribution in [-0.2, 0) is 25.9 Å². The number of rotatable bonds is 4. The minimum absolute atomic E-state index is 0.0635. The monoisotopic (exact) mass is 289 g/mol. The maximum atomic E-state index is 12.1. The molecule has 0 spiro atoms. The van der Waals surface area contributed by atoms with Crippen LogP contribution in [-0.4, -0.2) is 21.4 Å². The summed E-state index contributed by atoms with van der Waals surface area (Å²) in [5.74, 6) is 0.827. The highest BCUT2D eigenvalue weighted by atomic mass is 32.1. The van der Waals surface area contributed by atoms with E-state index in [-0.39, 0.29) is 5.56 Å². The highest BCUT2D eigenvalue weighted by Crippen LogP contribution is 2.17. The van der Waals surface area contributed by atoms with Crippen molar-refractivity contribution in [1.29, 1.82) is 0 Å². The number of aromatic nitrogens is 2. The van der Waals surface area contributed by atoms with Crippen LogP contribution in [0, 0.1) is 0 Å². The Hall–Kier alpha value is -1.46. The largest absolute Gasteiger partial charge is 0.310 e. The maximum Gasteiger partial charge on any atom is 0.254 e. The number of thiophene rings is 1. The molecule has 4 nitrogen and oxygen atoms in total. The first-order chi connectivity index (χ1) is 9.76. The lowest BCUT2D eigenvalue weighted by Gasteiger charge is -2.27. The fourth-order valence-corrected chi connectivity index (χ4v) is 3.34. The molecule has 0 atom stereocenters. The minimum Gasteiger partial charge on any atom is -0.310 e. The van der Waals surface area contributed by atoms with E-state index < -0.39 is 0 Å². The normalized spacial score (nSPS) is 15.2. The SMILES string of the molecule is CCCc1nc2c(c(=O)[nH]1)CCN(Cc1ccsc1)C2. The predicted molar refractivity (Wildman–Crippen MR) is 81.0 cm³/mol. The topological polar surface area (TPSA) is 49.0 Å². The van der Waals surface area contributed by atoms with Gasteiger partial charge in [0.1, 0.15) is 5.82 Å². The highest BCUT2D eigenvalue weighted by molar-refractivity contribution is 7.07. The number of hydrogen-bond donors (Lipinski definition) is 1. The van der Waals surface area contributed by atoms with E-state index in [2.05, 4.69) is 38.6 Å². The lowest BCUT2D eigenvalue weighted by atomic mass is 10.1. The Kier molecular flexibility index (Phi) is 3.98. The summed E-state index contributed by atoms with van der Waals surface area (Å²) in [6.45, 7) is 4.76. The van der Waals surface area contributed by atoms with Gasteiger partial charge in [0.2, 0.25) is 0 Å². The van der Waals surface area contributed by atoms with E-state index in [1.54, 1.807) is 11.3 Å². The molecule has 0 radical (unpaired) electrons. The van der Waals surface area contributed by atoms with Crippen molar-refractivity contribution in [3.63, 3.8) is 0 Å². The first-order valence-electron chi connectivity index (χ1n) is 7.10. The second-order valence-corrected chi connectivity index (χ2v) is 6.06. The molecule has 0 fully saturated rings. The zero-order valence-corrected chi connectivity index (χ0v) is 12.5. The van der Waals surface area contributed by atoms with E-state index in [0.717, 1.165) is 56.0 Å². The van der Waals surface area contributed by atoms with Gasteiger partial charge in [0.15, 0.2) is 0 Å². The summed E-state index contributed by atoms with van der Waals surface area (Å²) in [5, 5.41) is 4.29.